The van der Waals surface area contributed by atoms with Crippen LogP contribution in [-0.2, 0) is 0 Å². The Bertz CT molecular complexity index is 1030. The normalized spacial score (nSPS) is 11.1. The van der Waals surface area contributed by atoms with Crippen molar-refractivity contribution in [2.75, 3.05) is 18.7 Å². The fraction of sp³-hybridized carbons (Fsp3) is 0.143. The zero-order chi connectivity index (χ0) is 21.7. The molecule has 0 aliphatic carbocycles. The summed E-state index contributed by atoms with van der Waals surface area (Å²) in [5, 5.41) is 1.48. The third-order valence-electron chi connectivity index (χ3n) is 4.03. The van der Waals surface area contributed by atoms with Crippen LogP contribution < -0.4 is 15.2 Å². The van der Waals surface area contributed by atoms with Gasteiger partial charge in [0.15, 0.2) is 6.61 Å². The van der Waals surface area contributed by atoms with E-state index in [0.29, 0.717) is 5.69 Å². The minimum absolute atomic E-state index is 0.0637. The van der Waals surface area contributed by atoms with Gasteiger partial charge in [0.25, 0.3) is 5.91 Å². The predicted octanol–water partition coefficient (Wildman–Crippen LogP) is 4.61. The number of halogens is 4. The van der Waals surface area contributed by atoms with Crippen molar-refractivity contribution in [2.45, 2.75) is 6.18 Å². The maximum atomic E-state index is 13.7. The Labute approximate surface area is 169 Å². The fourth-order valence-corrected chi connectivity index (χ4v) is 2.64. The number of carbonyl (C=O) groups excluding carboxylic acids is 1. The number of hydrogen-bond donors (Lipinski definition) is 1. The molecular formula is C21H17F4N3O2. The van der Waals surface area contributed by atoms with Gasteiger partial charge in [-0.25, -0.2) is 9.37 Å². The van der Waals surface area contributed by atoms with Crippen LogP contribution in [0.4, 0.5) is 23.2 Å². The van der Waals surface area contributed by atoms with E-state index in [1.54, 1.807) is 31.3 Å². The molecule has 1 heterocycles. The third kappa shape index (κ3) is 5.47. The smallest absolute Gasteiger partial charge is 0.422 e. The number of aromatic nitrogens is 1. The molecule has 5 nitrogen and oxygen atoms in total. The van der Waals surface area contributed by atoms with Crippen molar-refractivity contribution in [1.82, 2.24) is 10.4 Å². The monoisotopic (exact) mass is 419 g/mol. The van der Waals surface area contributed by atoms with Crippen molar-refractivity contribution in [2.24, 2.45) is 0 Å². The standard InChI is InChI=1S/C21H17F4N3O2/c1-28(17-8-3-2-4-9-17)27-19(29)15-11-18(14-6-5-7-16(22)10-14)20(26-12-15)30-13-21(23,24)25/h2-12H,13H2,1H3,(H,27,29). The van der Waals surface area contributed by atoms with Gasteiger partial charge in [-0.05, 0) is 35.9 Å². The number of rotatable bonds is 6. The van der Waals surface area contributed by atoms with E-state index in [0.717, 1.165) is 12.3 Å². The van der Waals surface area contributed by atoms with E-state index in [2.05, 4.69) is 10.4 Å². The highest BCUT2D eigenvalue weighted by Gasteiger charge is 2.29. The van der Waals surface area contributed by atoms with Crippen molar-refractivity contribution >= 4 is 11.6 Å². The molecule has 1 N–H and O–H groups in total. The van der Waals surface area contributed by atoms with Crippen LogP contribution in [0.3, 0.4) is 0 Å². The van der Waals surface area contributed by atoms with E-state index >= 15 is 0 Å². The topological polar surface area (TPSA) is 54.5 Å². The summed E-state index contributed by atoms with van der Waals surface area (Å²) in [6.45, 7) is -1.56. The van der Waals surface area contributed by atoms with Gasteiger partial charge in [0.2, 0.25) is 5.88 Å². The Morgan fingerprint density at radius 1 is 1.10 bits per heavy atom. The number of anilines is 1. The predicted molar refractivity (Wildman–Crippen MR) is 103 cm³/mol. The van der Waals surface area contributed by atoms with E-state index in [1.807, 2.05) is 6.07 Å². The fourth-order valence-electron chi connectivity index (χ4n) is 2.64. The van der Waals surface area contributed by atoms with Crippen molar-refractivity contribution in [3.8, 4) is 17.0 Å². The van der Waals surface area contributed by atoms with Gasteiger partial charge >= 0.3 is 6.18 Å². The van der Waals surface area contributed by atoms with E-state index in [1.165, 1.54) is 29.3 Å². The molecule has 0 unspecified atom stereocenters. The highest BCUT2D eigenvalue weighted by molar-refractivity contribution is 5.96. The van der Waals surface area contributed by atoms with Gasteiger partial charge in [-0.15, -0.1) is 0 Å². The number of pyridine rings is 1. The minimum atomic E-state index is -4.57. The molecule has 1 amide bonds. The first-order valence-electron chi connectivity index (χ1n) is 8.78. The van der Waals surface area contributed by atoms with Crippen molar-refractivity contribution in [1.29, 1.82) is 0 Å². The molecule has 0 spiro atoms. The number of hydrogen-bond acceptors (Lipinski definition) is 4. The first-order chi connectivity index (χ1) is 14.2. The Balaban J connectivity index is 1.90. The van der Waals surface area contributed by atoms with Crippen LogP contribution in [0.15, 0.2) is 66.9 Å². The number of carbonyl (C=O) groups is 1. The Morgan fingerprint density at radius 2 is 1.83 bits per heavy atom. The van der Waals surface area contributed by atoms with Crippen LogP contribution >= 0.6 is 0 Å². The molecule has 30 heavy (non-hydrogen) atoms. The van der Waals surface area contributed by atoms with Gasteiger partial charge in [-0.1, -0.05) is 30.3 Å². The molecule has 0 fully saturated rings. The first kappa shape index (κ1) is 21.1. The summed E-state index contributed by atoms with van der Waals surface area (Å²) >= 11 is 0. The van der Waals surface area contributed by atoms with Gasteiger partial charge in [0.05, 0.1) is 11.3 Å². The number of benzene rings is 2. The number of nitrogens with zero attached hydrogens (tertiary/aromatic N) is 2. The molecule has 1 aromatic heterocycles. The Morgan fingerprint density at radius 3 is 2.50 bits per heavy atom. The SMILES string of the molecule is CN(NC(=O)c1cnc(OCC(F)(F)F)c(-c2cccc(F)c2)c1)c1ccccc1. The summed E-state index contributed by atoms with van der Waals surface area (Å²) in [5.74, 6) is -1.49. The molecule has 3 rings (SSSR count). The molecule has 0 atom stereocenters. The van der Waals surface area contributed by atoms with Crippen LogP contribution in [0.25, 0.3) is 11.1 Å². The Hall–Kier alpha value is -3.62. The van der Waals surface area contributed by atoms with E-state index in [4.69, 9.17) is 4.74 Å². The first-order valence-corrected chi connectivity index (χ1v) is 8.78. The van der Waals surface area contributed by atoms with Crippen molar-refractivity contribution in [3.63, 3.8) is 0 Å². The lowest BCUT2D eigenvalue weighted by atomic mass is 10.0. The van der Waals surface area contributed by atoms with E-state index in [-0.39, 0.29) is 22.6 Å². The van der Waals surface area contributed by atoms with Crippen LogP contribution in [0.2, 0.25) is 0 Å². The average molecular weight is 419 g/mol. The van der Waals surface area contributed by atoms with E-state index < -0.39 is 24.5 Å². The zero-order valence-corrected chi connectivity index (χ0v) is 15.8. The molecule has 0 radical (unpaired) electrons. The molecule has 0 aliphatic heterocycles. The van der Waals surface area contributed by atoms with Crippen molar-refractivity contribution in [3.05, 3.63) is 78.2 Å². The highest BCUT2D eigenvalue weighted by Crippen LogP contribution is 2.31. The second-order valence-corrected chi connectivity index (χ2v) is 6.33. The van der Waals surface area contributed by atoms with Crippen LogP contribution in [0, 0.1) is 5.82 Å². The van der Waals surface area contributed by atoms with Gasteiger partial charge in [-0.2, -0.15) is 13.2 Å². The molecule has 3 aromatic rings. The average Bonchev–Trinajstić information content (AvgIpc) is 2.72. The lowest BCUT2D eigenvalue weighted by Gasteiger charge is -2.20. The van der Waals surface area contributed by atoms with Crippen LogP contribution in [0.5, 0.6) is 5.88 Å². The summed E-state index contributed by atoms with van der Waals surface area (Å²) in [6.07, 6.45) is -3.47. The summed E-state index contributed by atoms with van der Waals surface area (Å²) in [5.41, 5.74) is 3.71. The van der Waals surface area contributed by atoms with E-state index in [9.17, 15) is 22.4 Å². The molecule has 2 aromatic carbocycles. The summed E-state index contributed by atoms with van der Waals surface area (Å²) in [4.78, 5) is 16.5. The van der Waals surface area contributed by atoms with Crippen LogP contribution in [0.1, 0.15) is 10.4 Å². The molecular weight excluding hydrogens is 402 g/mol. The van der Waals surface area contributed by atoms with Crippen molar-refractivity contribution < 1.29 is 27.1 Å². The second-order valence-electron chi connectivity index (χ2n) is 6.33. The molecule has 0 saturated carbocycles. The van der Waals surface area contributed by atoms with Crippen LogP contribution in [-0.4, -0.2) is 30.7 Å². The maximum absolute atomic E-state index is 13.7. The largest absolute Gasteiger partial charge is 0.468 e. The maximum Gasteiger partial charge on any atom is 0.422 e. The molecule has 9 heteroatoms. The lowest BCUT2D eigenvalue weighted by molar-refractivity contribution is -0.154. The summed E-state index contributed by atoms with van der Waals surface area (Å²) < 4.78 is 56.1. The summed E-state index contributed by atoms with van der Waals surface area (Å²) in [7, 11) is 1.63. The number of hydrazine groups is 1. The Kier molecular flexibility index (Phi) is 6.20. The van der Waals surface area contributed by atoms with Gasteiger partial charge in [0, 0.05) is 18.8 Å². The summed E-state index contributed by atoms with van der Waals surface area (Å²) in [6, 6.07) is 15.5. The second kappa shape index (κ2) is 8.81. The van der Waals surface area contributed by atoms with Gasteiger partial charge in [0.1, 0.15) is 5.82 Å². The lowest BCUT2D eigenvalue weighted by Crippen LogP contribution is -2.39. The molecule has 0 bridgehead atoms. The number of amides is 1. The quantitative estimate of drug-likeness (QED) is 0.468. The minimum Gasteiger partial charge on any atom is -0.468 e. The third-order valence-corrected chi connectivity index (χ3v) is 4.03. The number of nitrogens with one attached hydrogen (secondary N) is 1. The molecule has 0 saturated heterocycles. The van der Waals surface area contributed by atoms with Gasteiger partial charge < -0.3 is 4.74 Å². The number of ether oxygens (including phenoxy) is 1. The highest BCUT2D eigenvalue weighted by atomic mass is 19.4. The number of para-hydroxylation sites is 1. The van der Waals surface area contributed by atoms with Gasteiger partial charge in [-0.3, -0.25) is 15.2 Å². The number of alkyl halides is 3. The molecule has 156 valence electrons. The zero-order valence-electron chi connectivity index (χ0n) is 15.8. The molecule has 0 aliphatic rings.